The molecule has 0 spiro atoms. The van der Waals surface area contributed by atoms with Gasteiger partial charge in [-0.25, -0.2) is 9.59 Å². The Labute approximate surface area is 155 Å². The van der Waals surface area contributed by atoms with E-state index in [4.69, 9.17) is 9.47 Å². The molecule has 132 valence electrons. The van der Waals surface area contributed by atoms with E-state index in [-0.39, 0.29) is 32.2 Å². The van der Waals surface area contributed by atoms with Crippen LogP contribution in [0, 0.1) is 0 Å². The number of ether oxygens (including phenoxy) is 2. The molecular formula is C18H18O4S3. The Morgan fingerprint density at radius 3 is 1.76 bits per heavy atom. The van der Waals surface area contributed by atoms with Gasteiger partial charge in [-0.15, -0.1) is 0 Å². The maximum Gasteiger partial charge on any atom is 0.330 e. The SMILES string of the molecule is C=CC(=O)OCC=C1C=CS(SS2=CC(=CCOC(=O)C=C)C=C2)=C1. The Morgan fingerprint density at radius 1 is 0.920 bits per heavy atom. The lowest BCUT2D eigenvalue weighted by molar-refractivity contribution is -0.137. The van der Waals surface area contributed by atoms with Crippen LogP contribution >= 0.6 is 28.9 Å². The maximum absolute atomic E-state index is 11.0. The molecule has 0 amide bonds. The van der Waals surface area contributed by atoms with Crippen LogP contribution < -0.4 is 0 Å². The van der Waals surface area contributed by atoms with E-state index in [1.807, 2.05) is 34.1 Å². The lowest BCUT2D eigenvalue weighted by Crippen LogP contribution is -1.99. The van der Waals surface area contributed by atoms with E-state index in [0.717, 1.165) is 23.3 Å². The molecule has 2 rings (SSSR count). The lowest BCUT2D eigenvalue weighted by atomic mass is 10.3. The highest BCUT2D eigenvalue weighted by atomic mass is 33.5. The van der Waals surface area contributed by atoms with Crippen LogP contribution in [0.4, 0.5) is 0 Å². The topological polar surface area (TPSA) is 52.6 Å². The van der Waals surface area contributed by atoms with Gasteiger partial charge < -0.3 is 9.47 Å². The first-order valence-corrected chi connectivity index (χ1v) is 11.8. The molecule has 0 radical (unpaired) electrons. The average Bonchev–Trinajstić information content (AvgIpc) is 3.24. The van der Waals surface area contributed by atoms with E-state index >= 15 is 0 Å². The molecule has 2 atom stereocenters. The Kier molecular flexibility index (Phi) is 7.97. The van der Waals surface area contributed by atoms with E-state index in [2.05, 4.69) is 34.7 Å². The van der Waals surface area contributed by atoms with E-state index < -0.39 is 11.9 Å². The van der Waals surface area contributed by atoms with Crippen LogP contribution in [0.25, 0.3) is 0 Å². The lowest BCUT2D eigenvalue weighted by Gasteiger charge is -2.00. The fraction of sp³-hybridized carbons (Fsp3) is 0.111. The molecular weight excluding hydrogens is 376 g/mol. The summed E-state index contributed by atoms with van der Waals surface area (Å²) in [5.74, 6) is -0.838. The largest absolute Gasteiger partial charge is 0.458 e. The number of hydrogen-bond acceptors (Lipinski definition) is 5. The van der Waals surface area contributed by atoms with E-state index in [9.17, 15) is 9.59 Å². The molecule has 0 aromatic heterocycles. The molecule has 25 heavy (non-hydrogen) atoms. The molecule has 0 aliphatic carbocycles. The summed E-state index contributed by atoms with van der Waals surface area (Å²) in [6.07, 6.45) is 10.1. The third-order valence-corrected chi connectivity index (χ3v) is 10.0. The zero-order valence-corrected chi connectivity index (χ0v) is 15.9. The van der Waals surface area contributed by atoms with Crippen molar-refractivity contribution >= 4 is 51.5 Å². The molecule has 0 fully saturated rings. The van der Waals surface area contributed by atoms with Crippen LogP contribution in [0.3, 0.4) is 0 Å². The Bertz CT molecular complexity index is 703. The minimum Gasteiger partial charge on any atom is -0.458 e. The normalized spacial score (nSPS) is 24.0. The van der Waals surface area contributed by atoms with Crippen molar-refractivity contribution in [2.75, 3.05) is 13.2 Å². The third-order valence-electron chi connectivity index (χ3n) is 2.87. The van der Waals surface area contributed by atoms with Gasteiger partial charge in [-0.05, 0) is 66.8 Å². The highest BCUT2D eigenvalue weighted by molar-refractivity contribution is 9.17. The van der Waals surface area contributed by atoms with Gasteiger partial charge in [0.05, 0.1) is 0 Å². The Hall–Kier alpha value is -1.83. The van der Waals surface area contributed by atoms with Gasteiger partial charge in [0.15, 0.2) is 0 Å². The van der Waals surface area contributed by atoms with Gasteiger partial charge >= 0.3 is 11.9 Å². The summed E-state index contributed by atoms with van der Waals surface area (Å²) in [4.78, 5) is 22.0. The maximum atomic E-state index is 11.0. The summed E-state index contributed by atoms with van der Waals surface area (Å²) >= 11 is 0. The summed E-state index contributed by atoms with van der Waals surface area (Å²) in [6.45, 7) is 7.21. The first-order chi connectivity index (χ1) is 12.1. The van der Waals surface area contributed by atoms with Gasteiger partial charge in [0.2, 0.25) is 0 Å². The van der Waals surface area contributed by atoms with Crippen LogP contribution in [-0.4, -0.2) is 35.9 Å². The fourth-order valence-corrected chi connectivity index (χ4v) is 8.87. The van der Waals surface area contributed by atoms with Crippen molar-refractivity contribution in [1.29, 1.82) is 0 Å². The first kappa shape index (κ1) is 19.5. The van der Waals surface area contributed by atoms with Crippen molar-refractivity contribution in [2.24, 2.45) is 0 Å². The summed E-state index contributed by atoms with van der Waals surface area (Å²) < 4.78 is 9.88. The molecule has 0 saturated heterocycles. The van der Waals surface area contributed by atoms with Crippen molar-refractivity contribution in [3.05, 3.63) is 71.6 Å². The average molecular weight is 395 g/mol. The van der Waals surface area contributed by atoms with Gasteiger partial charge in [0.1, 0.15) is 13.2 Å². The monoisotopic (exact) mass is 394 g/mol. The number of esters is 2. The molecule has 7 heteroatoms. The van der Waals surface area contributed by atoms with Crippen molar-refractivity contribution < 1.29 is 19.1 Å². The quantitative estimate of drug-likeness (QED) is 0.269. The first-order valence-electron chi connectivity index (χ1n) is 7.28. The number of carbonyl (C=O) groups is 2. The molecule has 2 heterocycles. The van der Waals surface area contributed by atoms with Crippen LogP contribution in [0.2, 0.25) is 0 Å². The number of allylic oxidation sites excluding steroid dienone is 4. The second-order valence-corrected chi connectivity index (χ2v) is 11.1. The van der Waals surface area contributed by atoms with Crippen molar-refractivity contribution in [1.82, 2.24) is 0 Å². The zero-order valence-electron chi connectivity index (χ0n) is 13.5. The minimum absolute atomic E-state index is 0.00640. The van der Waals surface area contributed by atoms with Gasteiger partial charge in [0, 0.05) is 12.2 Å². The number of carbonyl (C=O) groups excluding carboxylic acids is 2. The predicted molar refractivity (Wildman–Crippen MR) is 112 cm³/mol. The highest BCUT2D eigenvalue weighted by Crippen LogP contribution is 2.51. The van der Waals surface area contributed by atoms with Crippen LogP contribution in [-0.2, 0) is 19.1 Å². The van der Waals surface area contributed by atoms with Crippen molar-refractivity contribution in [3.8, 4) is 0 Å². The molecule has 2 aliphatic rings. The van der Waals surface area contributed by atoms with Crippen LogP contribution in [0.5, 0.6) is 0 Å². The smallest absolute Gasteiger partial charge is 0.330 e. The number of rotatable bonds is 8. The van der Waals surface area contributed by atoms with E-state index in [1.54, 1.807) is 0 Å². The summed E-state index contributed by atoms with van der Waals surface area (Å²) in [7, 11) is 1.84. The molecule has 2 aliphatic heterocycles. The molecule has 0 aromatic carbocycles. The zero-order chi connectivity index (χ0) is 18.1. The van der Waals surface area contributed by atoms with E-state index in [1.165, 1.54) is 0 Å². The van der Waals surface area contributed by atoms with Crippen LogP contribution in [0.15, 0.2) is 71.6 Å². The van der Waals surface area contributed by atoms with Crippen molar-refractivity contribution in [3.63, 3.8) is 0 Å². The Balaban J connectivity index is 1.85. The van der Waals surface area contributed by atoms with Gasteiger partial charge in [-0.3, -0.25) is 0 Å². The van der Waals surface area contributed by atoms with Gasteiger partial charge in [-0.1, -0.05) is 32.2 Å². The molecule has 2 unspecified atom stereocenters. The summed E-state index contributed by atoms with van der Waals surface area (Å²) in [6, 6.07) is 0. The summed E-state index contributed by atoms with van der Waals surface area (Å²) in [5.41, 5.74) is 2.12. The Morgan fingerprint density at radius 2 is 1.36 bits per heavy atom. The molecule has 0 saturated carbocycles. The van der Waals surface area contributed by atoms with Gasteiger partial charge in [-0.2, -0.15) is 0 Å². The molecule has 0 bridgehead atoms. The minimum atomic E-state index is -0.419. The summed E-state index contributed by atoms with van der Waals surface area (Å²) in [5, 5.41) is 8.62. The fourth-order valence-electron chi connectivity index (χ4n) is 1.68. The second kappa shape index (κ2) is 10.2. The van der Waals surface area contributed by atoms with E-state index in [0.29, 0.717) is 0 Å². The molecule has 0 aromatic rings. The van der Waals surface area contributed by atoms with Crippen molar-refractivity contribution in [2.45, 2.75) is 0 Å². The molecule has 0 N–H and O–H groups in total. The van der Waals surface area contributed by atoms with Gasteiger partial charge in [0.25, 0.3) is 0 Å². The standard InChI is InChI=1S/C18H18O4S3/c1-3-17(19)21-9-5-15-7-11-24(13-15)23-25-12-8-16(14-25)6-10-22-18(20)4-2/h3-8,11-14H,1-2,9-10H2. The predicted octanol–water partition coefficient (Wildman–Crippen LogP) is 4.06. The second-order valence-electron chi connectivity index (χ2n) is 4.64. The highest BCUT2D eigenvalue weighted by Gasteiger charge is 2.07. The third kappa shape index (κ3) is 6.89. The number of hydrogen-bond donors (Lipinski definition) is 0. The van der Waals surface area contributed by atoms with Crippen LogP contribution in [0.1, 0.15) is 0 Å². The molecule has 4 nitrogen and oxygen atoms in total.